The van der Waals surface area contributed by atoms with Gasteiger partial charge in [0.05, 0.1) is 17.8 Å². The van der Waals surface area contributed by atoms with Crippen molar-refractivity contribution in [2.45, 2.75) is 80.9 Å². The molecule has 1 saturated heterocycles. The third kappa shape index (κ3) is 7.90. The minimum Gasteiger partial charge on any atom is -0.447 e. The first-order valence-corrected chi connectivity index (χ1v) is 9.46. The van der Waals surface area contributed by atoms with E-state index < -0.39 is 0 Å². The largest absolute Gasteiger partial charge is 0.447 e. The van der Waals surface area contributed by atoms with Gasteiger partial charge in [-0.05, 0) is 47.1 Å². The molecule has 0 spiro atoms. The van der Waals surface area contributed by atoms with Gasteiger partial charge in [0.25, 0.3) is 0 Å². The maximum atomic E-state index is 12.1. The van der Waals surface area contributed by atoms with Crippen LogP contribution in [0.25, 0.3) is 0 Å². The molecule has 1 aromatic rings. The molecule has 2 unspecified atom stereocenters. The van der Waals surface area contributed by atoms with E-state index in [-0.39, 0.29) is 18.2 Å². The summed E-state index contributed by atoms with van der Waals surface area (Å²) in [5, 5.41) is 0. The molecule has 1 amide bonds. The summed E-state index contributed by atoms with van der Waals surface area (Å²) < 4.78 is 5.32. The summed E-state index contributed by atoms with van der Waals surface area (Å²) in [6.45, 7) is 18.6. The Kier molecular flexibility index (Phi) is 14.1. The van der Waals surface area contributed by atoms with Crippen LogP contribution in [-0.4, -0.2) is 40.7 Å². The highest BCUT2D eigenvalue weighted by Crippen LogP contribution is 2.34. The number of carbonyl (C=O) groups excluding carboxylic acids is 1. The Morgan fingerprint density at radius 2 is 1.76 bits per heavy atom. The van der Waals surface area contributed by atoms with Crippen LogP contribution in [0.5, 0.6) is 0 Å². The zero-order valence-corrected chi connectivity index (χ0v) is 17.9. The molecule has 2 heterocycles. The molecule has 2 rings (SSSR count). The molecule has 148 valence electrons. The average Bonchev–Trinajstić information content (AvgIpc) is 3.15. The number of aromatic amines is 1. The van der Waals surface area contributed by atoms with Crippen LogP contribution >= 0.6 is 0 Å². The molecule has 1 aliphatic rings. The lowest BCUT2D eigenvalue weighted by atomic mass is 10.1. The maximum absolute atomic E-state index is 12.1. The number of rotatable bonds is 2. The Bertz CT molecular complexity index is 452. The van der Waals surface area contributed by atoms with Crippen LogP contribution < -0.4 is 5.73 Å². The fourth-order valence-electron chi connectivity index (χ4n) is 2.51. The molecule has 1 aliphatic heterocycles. The van der Waals surface area contributed by atoms with E-state index in [1.807, 2.05) is 55.4 Å². The summed E-state index contributed by atoms with van der Waals surface area (Å²) in [6, 6.07) is 0.00801. The molecule has 25 heavy (non-hydrogen) atoms. The van der Waals surface area contributed by atoms with Crippen molar-refractivity contribution in [2.75, 3.05) is 13.6 Å². The number of carbonyl (C=O) groups is 1. The van der Waals surface area contributed by atoms with Gasteiger partial charge in [-0.3, -0.25) is 4.90 Å². The van der Waals surface area contributed by atoms with Crippen molar-refractivity contribution in [1.29, 1.82) is 0 Å². The molecule has 0 saturated carbocycles. The van der Waals surface area contributed by atoms with Crippen LogP contribution in [0.3, 0.4) is 0 Å². The number of hydrogen-bond acceptors (Lipinski definition) is 4. The van der Waals surface area contributed by atoms with Gasteiger partial charge in [-0.1, -0.05) is 34.6 Å². The molecule has 0 radical (unpaired) electrons. The van der Waals surface area contributed by atoms with Crippen LogP contribution in [0.2, 0.25) is 0 Å². The lowest BCUT2D eigenvalue weighted by Crippen LogP contribution is -2.33. The van der Waals surface area contributed by atoms with Gasteiger partial charge in [0, 0.05) is 12.2 Å². The van der Waals surface area contributed by atoms with E-state index in [1.54, 1.807) is 4.90 Å². The SMILES string of the molecule is CC.CC.CN.Cc1nc(C2CC(C)CN2C(=O)OC(C)C)[nH]c1C. The Labute approximate surface area is 154 Å². The molecular formula is C19H40N4O2. The number of hydrogen-bond donors (Lipinski definition) is 2. The molecule has 0 aliphatic carbocycles. The Morgan fingerprint density at radius 1 is 1.24 bits per heavy atom. The van der Waals surface area contributed by atoms with E-state index in [1.165, 1.54) is 7.05 Å². The molecule has 0 aromatic carbocycles. The summed E-state index contributed by atoms with van der Waals surface area (Å²) in [7, 11) is 1.50. The maximum Gasteiger partial charge on any atom is 0.410 e. The summed E-state index contributed by atoms with van der Waals surface area (Å²) in [6.07, 6.45) is 0.597. The number of likely N-dealkylation sites (tertiary alicyclic amines) is 1. The molecular weight excluding hydrogens is 316 g/mol. The van der Waals surface area contributed by atoms with E-state index in [0.29, 0.717) is 5.92 Å². The first-order chi connectivity index (χ1) is 11.9. The second kappa shape index (κ2) is 13.7. The number of nitrogens with zero attached hydrogens (tertiary/aromatic N) is 2. The van der Waals surface area contributed by atoms with Crippen molar-refractivity contribution < 1.29 is 9.53 Å². The average molecular weight is 357 g/mol. The van der Waals surface area contributed by atoms with Gasteiger partial charge in [0.1, 0.15) is 5.82 Å². The van der Waals surface area contributed by atoms with Crippen LogP contribution in [0.1, 0.15) is 78.1 Å². The fraction of sp³-hybridized carbons (Fsp3) is 0.789. The van der Waals surface area contributed by atoms with Crippen molar-refractivity contribution >= 4 is 6.09 Å². The van der Waals surface area contributed by atoms with Gasteiger partial charge in [0.15, 0.2) is 0 Å². The van der Waals surface area contributed by atoms with Gasteiger partial charge in [-0.25, -0.2) is 9.78 Å². The predicted octanol–water partition coefficient (Wildman–Crippen LogP) is 4.58. The van der Waals surface area contributed by atoms with Gasteiger partial charge < -0.3 is 15.5 Å². The third-order valence-electron chi connectivity index (χ3n) is 3.54. The summed E-state index contributed by atoms with van der Waals surface area (Å²) in [5.41, 5.74) is 6.55. The smallest absolute Gasteiger partial charge is 0.410 e. The molecule has 2 atom stereocenters. The number of imidazole rings is 1. The van der Waals surface area contributed by atoms with E-state index in [2.05, 4.69) is 22.6 Å². The van der Waals surface area contributed by atoms with Crippen LogP contribution in [0, 0.1) is 19.8 Å². The lowest BCUT2D eigenvalue weighted by Gasteiger charge is -2.23. The number of amides is 1. The summed E-state index contributed by atoms with van der Waals surface area (Å²) in [4.78, 5) is 21.8. The molecule has 6 heteroatoms. The highest BCUT2D eigenvalue weighted by molar-refractivity contribution is 5.68. The second-order valence-corrected chi connectivity index (χ2v) is 5.77. The van der Waals surface area contributed by atoms with Crippen molar-refractivity contribution in [2.24, 2.45) is 11.7 Å². The van der Waals surface area contributed by atoms with Crippen molar-refractivity contribution in [3.05, 3.63) is 17.2 Å². The van der Waals surface area contributed by atoms with E-state index in [4.69, 9.17) is 4.74 Å². The van der Waals surface area contributed by atoms with Crippen LogP contribution in [0.15, 0.2) is 0 Å². The second-order valence-electron chi connectivity index (χ2n) is 5.77. The van der Waals surface area contributed by atoms with Crippen LogP contribution in [-0.2, 0) is 4.74 Å². The molecule has 3 N–H and O–H groups in total. The first kappa shape index (κ1) is 25.7. The first-order valence-electron chi connectivity index (χ1n) is 9.46. The Hall–Kier alpha value is -1.56. The van der Waals surface area contributed by atoms with E-state index >= 15 is 0 Å². The molecule has 0 bridgehead atoms. The standard InChI is InChI=1S/C14H23N3O2.2C2H6.CH5N/c1-8(2)19-14(18)17-7-9(3)6-12(17)13-15-10(4)11(5)16-13;3*1-2/h8-9,12H,6-7H2,1-5H3,(H,15,16);2*1-2H3;2H2,1H3. The summed E-state index contributed by atoms with van der Waals surface area (Å²) in [5.74, 6) is 1.34. The van der Waals surface area contributed by atoms with Crippen molar-refractivity contribution in [3.63, 3.8) is 0 Å². The van der Waals surface area contributed by atoms with Gasteiger partial charge in [-0.2, -0.15) is 0 Å². The minimum absolute atomic E-state index is 0.00801. The van der Waals surface area contributed by atoms with E-state index in [0.717, 1.165) is 30.2 Å². The number of ether oxygens (including phenoxy) is 1. The fourth-order valence-corrected chi connectivity index (χ4v) is 2.51. The van der Waals surface area contributed by atoms with Gasteiger partial charge in [0.2, 0.25) is 0 Å². The van der Waals surface area contributed by atoms with Gasteiger partial charge in [-0.15, -0.1) is 0 Å². The predicted molar refractivity (Wildman–Crippen MR) is 106 cm³/mol. The van der Waals surface area contributed by atoms with E-state index in [9.17, 15) is 4.79 Å². The Balaban J connectivity index is 0. The third-order valence-corrected chi connectivity index (χ3v) is 3.54. The molecule has 6 nitrogen and oxygen atoms in total. The van der Waals surface area contributed by atoms with Crippen LogP contribution in [0.4, 0.5) is 4.79 Å². The molecule has 1 fully saturated rings. The topological polar surface area (TPSA) is 84.2 Å². The van der Waals surface area contributed by atoms with Crippen molar-refractivity contribution in [3.8, 4) is 0 Å². The Morgan fingerprint density at radius 3 is 2.16 bits per heavy atom. The number of H-pyrrole nitrogens is 1. The normalized spacial score (nSPS) is 18.3. The number of aromatic nitrogens is 2. The minimum atomic E-state index is -0.240. The van der Waals surface area contributed by atoms with Gasteiger partial charge >= 0.3 is 6.09 Å². The van der Waals surface area contributed by atoms with Crippen molar-refractivity contribution in [1.82, 2.24) is 14.9 Å². The quantitative estimate of drug-likeness (QED) is 0.812. The molecule has 1 aromatic heterocycles. The zero-order chi connectivity index (χ0) is 20.2. The number of nitrogens with one attached hydrogen (secondary N) is 1. The zero-order valence-electron chi connectivity index (χ0n) is 17.9. The lowest BCUT2D eigenvalue weighted by molar-refractivity contribution is 0.0716. The number of aryl methyl sites for hydroxylation is 2. The highest BCUT2D eigenvalue weighted by Gasteiger charge is 2.37. The summed E-state index contributed by atoms with van der Waals surface area (Å²) >= 11 is 0. The highest BCUT2D eigenvalue weighted by atomic mass is 16.6. The number of nitrogens with two attached hydrogens (primary N) is 1. The monoisotopic (exact) mass is 356 g/mol.